The molecule has 2 unspecified atom stereocenters. The van der Waals surface area contributed by atoms with Crippen molar-refractivity contribution >= 4 is 16.7 Å². The van der Waals surface area contributed by atoms with Gasteiger partial charge in [0.15, 0.2) is 0 Å². The SMILES string of the molecule is CC(CCNCC(=O)NC1CCCC1)S(C)=O. The van der Waals surface area contributed by atoms with E-state index in [9.17, 15) is 9.00 Å². The fourth-order valence-electron chi connectivity index (χ4n) is 2.02. The zero-order chi connectivity index (χ0) is 12.7. The molecule has 0 spiro atoms. The Hall–Kier alpha value is -0.420. The molecule has 0 radical (unpaired) electrons. The first-order chi connectivity index (χ1) is 8.09. The molecule has 1 aliphatic rings. The average molecular weight is 260 g/mol. The van der Waals surface area contributed by atoms with E-state index in [0.29, 0.717) is 12.6 Å². The van der Waals surface area contributed by atoms with Gasteiger partial charge in [0.05, 0.1) is 6.54 Å². The Morgan fingerprint density at radius 1 is 1.41 bits per heavy atom. The lowest BCUT2D eigenvalue weighted by Crippen LogP contribution is -2.39. The summed E-state index contributed by atoms with van der Waals surface area (Å²) in [5.74, 6) is 0.0853. The number of hydrogen-bond acceptors (Lipinski definition) is 3. The van der Waals surface area contributed by atoms with Crippen molar-refractivity contribution in [3.8, 4) is 0 Å². The molecule has 1 amide bonds. The third-order valence-corrected chi connectivity index (χ3v) is 4.67. The Kier molecular flexibility index (Phi) is 6.73. The second kappa shape index (κ2) is 7.82. The molecule has 0 aromatic carbocycles. The quantitative estimate of drug-likeness (QED) is 0.666. The van der Waals surface area contributed by atoms with Gasteiger partial charge in [-0.15, -0.1) is 0 Å². The molecule has 2 N–H and O–H groups in total. The second-order valence-corrected chi connectivity index (χ2v) is 6.63. The van der Waals surface area contributed by atoms with Gasteiger partial charge in [-0.05, 0) is 25.8 Å². The van der Waals surface area contributed by atoms with E-state index in [1.807, 2.05) is 6.92 Å². The van der Waals surface area contributed by atoms with E-state index in [0.717, 1.165) is 25.8 Å². The standard InChI is InChI=1S/C12H24N2O2S/c1-10(17(2)16)7-8-13-9-12(15)14-11-5-3-4-6-11/h10-11,13H,3-9H2,1-2H3,(H,14,15). The van der Waals surface area contributed by atoms with Gasteiger partial charge >= 0.3 is 0 Å². The first-order valence-corrected chi connectivity index (χ1v) is 8.04. The van der Waals surface area contributed by atoms with E-state index >= 15 is 0 Å². The van der Waals surface area contributed by atoms with Crippen molar-refractivity contribution in [2.24, 2.45) is 0 Å². The van der Waals surface area contributed by atoms with Crippen LogP contribution in [0.4, 0.5) is 0 Å². The van der Waals surface area contributed by atoms with Crippen LogP contribution >= 0.6 is 0 Å². The number of carbonyl (C=O) groups is 1. The topological polar surface area (TPSA) is 58.2 Å². The predicted octanol–water partition coefficient (Wildman–Crippen LogP) is 0.792. The van der Waals surface area contributed by atoms with Crippen molar-refractivity contribution in [3.63, 3.8) is 0 Å². The summed E-state index contributed by atoms with van der Waals surface area (Å²) in [6, 6.07) is 0.395. The molecule has 4 nitrogen and oxygen atoms in total. The number of hydrogen-bond donors (Lipinski definition) is 2. The third-order valence-electron chi connectivity index (χ3n) is 3.30. The molecular weight excluding hydrogens is 236 g/mol. The molecule has 2 atom stereocenters. The van der Waals surface area contributed by atoms with Gasteiger partial charge in [0.25, 0.3) is 0 Å². The zero-order valence-corrected chi connectivity index (χ0v) is 11.6. The smallest absolute Gasteiger partial charge is 0.234 e. The molecule has 100 valence electrons. The van der Waals surface area contributed by atoms with Crippen LogP contribution in [0.25, 0.3) is 0 Å². The fourth-order valence-corrected chi connectivity index (χ4v) is 2.47. The van der Waals surface area contributed by atoms with Crippen LogP contribution in [-0.2, 0) is 15.6 Å². The largest absolute Gasteiger partial charge is 0.352 e. The monoisotopic (exact) mass is 260 g/mol. The Balaban J connectivity index is 2.01. The molecule has 1 fully saturated rings. The number of rotatable bonds is 7. The molecule has 17 heavy (non-hydrogen) atoms. The van der Waals surface area contributed by atoms with Gasteiger partial charge in [0.1, 0.15) is 0 Å². The summed E-state index contributed by atoms with van der Waals surface area (Å²) in [6.07, 6.45) is 7.28. The lowest BCUT2D eigenvalue weighted by molar-refractivity contribution is -0.120. The maximum Gasteiger partial charge on any atom is 0.234 e. The molecule has 0 saturated heterocycles. The van der Waals surface area contributed by atoms with E-state index in [1.165, 1.54) is 12.8 Å². The van der Waals surface area contributed by atoms with Crippen LogP contribution in [0.1, 0.15) is 39.0 Å². The molecule has 0 aromatic rings. The van der Waals surface area contributed by atoms with E-state index in [2.05, 4.69) is 10.6 Å². The summed E-state index contributed by atoms with van der Waals surface area (Å²) >= 11 is 0. The number of nitrogens with one attached hydrogen (secondary N) is 2. The van der Waals surface area contributed by atoms with Crippen molar-refractivity contribution in [3.05, 3.63) is 0 Å². The fraction of sp³-hybridized carbons (Fsp3) is 0.917. The minimum atomic E-state index is -0.769. The molecule has 0 heterocycles. The Labute approximate surface area is 106 Å². The molecule has 0 aliphatic heterocycles. The molecular formula is C12H24N2O2S. The Morgan fingerprint density at radius 2 is 2.06 bits per heavy atom. The maximum absolute atomic E-state index is 11.5. The highest BCUT2D eigenvalue weighted by Gasteiger charge is 2.16. The Morgan fingerprint density at radius 3 is 2.65 bits per heavy atom. The Bertz CT molecular complexity index is 265. The second-order valence-electron chi connectivity index (χ2n) is 4.82. The first-order valence-electron chi connectivity index (χ1n) is 6.42. The van der Waals surface area contributed by atoms with Crippen LogP contribution < -0.4 is 10.6 Å². The third kappa shape index (κ3) is 6.17. The summed E-state index contributed by atoms with van der Waals surface area (Å²) in [7, 11) is -0.769. The highest BCUT2D eigenvalue weighted by atomic mass is 32.2. The van der Waals surface area contributed by atoms with Gasteiger partial charge in [-0.1, -0.05) is 19.8 Å². The van der Waals surface area contributed by atoms with E-state index in [-0.39, 0.29) is 11.2 Å². The highest BCUT2D eigenvalue weighted by molar-refractivity contribution is 7.84. The van der Waals surface area contributed by atoms with Crippen LogP contribution in [0.2, 0.25) is 0 Å². The van der Waals surface area contributed by atoms with Crippen molar-refractivity contribution in [1.29, 1.82) is 0 Å². The van der Waals surface area contributed by atoms with Crippen LogP contribution in [0, 0.1) is 0 Å². The van der Waals surface area contributed by atoms with E-state index in [1.54, 1.807) is 6.26 Å². The maximum atomic E-state index is 11.5. The predicted molar refractivity (Wildman–Crippen MR) is 71.4 cm³/mol. The molecule has 0 aromatic heterocycles. The highest BCUT2D eigenvalue weighted by Crippen LogP contribution is 2.17. The van der Waals surface area contributed by atoms with E-state index < -0.39 is 10.8 Å². The van der Waals surface area contributed by atoms with Crippen molar-refractivity contribution in [2.75, 3.05) is 19.3 Å². The zero-order valence-electron chi connectivity index (χ0n) is 10.8. The summed E-state index contributed by atoms with van der Waals surface area (Å²) in [5, 5.41) is 6.32. The first kappa shape index (κ1) is 14.6. The number of carbonyl (C=O) groups excluding carboxylic acids is 1. The summed E-state index contributed by atoms with van der Waals surface area (Å²) in [6.45, 7) is 3.09. The van der Waals surface area contributed by atoms with Crippen LogP contribution in [0.3, 0.4) is 0 Å². The molecule has 5 heteroatoms. The van der Waals surface area contributed by atoms with E-state index in [4.69, 9.17) is 0 Å². The van der Waals surface area contributed by atoms with Crippen LogP contribution in [0.5, 0.6) is 0 Å². The lowest BCUT2D eigenvalue weighted by atomic mass is 10.2. The lowest BCUT2D eigenvalue weighted by Gasteiger charge is -2.13. The van der Waals surface area contributed by atoms with Crippen molar-refractivity contribution in [2.45, 2.75) is 50.3 Å². The average Bonchev–Trinajstić information content (AvgIpc) is 2.76. The number of amides is 1. The minimum Gasteiger partial charge on any atom is -0.352 e. The van der Waals surface area contributed by atoms with Crippen LogP contribution in [-0.4, -0.2) is 40.8 Å². The minimum absolute atomic E-state index is 0.0853. The molecule has 1 saturated carbocycles. The van der Waals surface area contributed by atoms with Crippen molar-refractivity contribution < 1.29 is 9.00 Å². The van der Waals surface area contributed by atoms with Gasteiger partial charge in [-0.2, -0.15) is 0 Å². The normalized spacial score (nSPS) is 20.1. The summed E-state index contributed by atoms with van der Waals surface area (Å²) in [5.41, 5.74) is 0. The molecule has 1 rings (SSSR count). The molecule has 0 bridgehead atoms. The van der Waals surface area contributed by atoms with Crippen LogP contribution in [0.15, 0.2) is 0 Å². The van der Waals surface area contributed by atoms with Gasteiger partial charge in [-0.25, -0.2) is 0 Å². The summed E-state index contributed by atoms with van der Waals surface area (Å²) in [4.78, 5) is 11.5. The van der Waals surface area contributed by atoms with Gasteiger partial charge in [-0.3, -0.25) is 9.00 Å². The summed E-state index contributed by atoms with van der Waals surface area (Å²) < 4.78 is 11.1. The van der Waals surface area contributed by atoms with Gasteiger partial charge < -0.3 is 10.6 Å². The van der Waals surface area contributed by atoms with Gasteiger partial charge in [0, 0.05) is 28.3 Å². The van der Waals surface area contributed by atoms with Gasteiger partial charge in [0.2, 0.25) is 5.91 Å². The van der Waals surface area contributed by atoms with Crippen molar-refractivity contribution in [1.82, 2.24) is 10.6 Å². The molecule has 1 aliphatic carbocycles.